The molecule has 0 fully saturated rings. The van der Waals surface area contributed by atoms with Gasteiger partial charge in [0.25, 0.3) is 0 Å². The van der Waals surface area contributed by atoms with E-state index in [-0.39, 0.29) is 17.5 Å². The van der Waals surface area contributed by atoms with Crippen LogP contribution in [-0.2, 0) is 12.8 Å². The highest BCUT2D eigenvalue weighted by Crippen LogP contribution is 2.47. The number of aromatic nitrogens is 1. The molecular formula is C18H12F3NO3. The molecule has 0 radical (unpaired) electrons. The topological polar surface area (TPSA) is 51.3 Å². The number of fused-ring (bicyclic) bond motifs is 5. The van der Waals surface area contributed by atoms with Crippen molar-refractivity contribution in [2.45, 2.75) is 12.8 Å². The van der Waals surface area contributed by atoms with Gasteiger partial charge in [-0.25, -0.2) is 0 Å². The Balaban J connectivity index is 2.13. The first-order chi connectivity index (χ1) is 11.9. The number of nitrogens with one attached hydrogen (secondary N) is 1. The Morgan fingerprint density at radius 2 is 2.00 bits per heavy atom. The van der Waals surface area contributed by atoms with Crippen LogP contribution in [0.15, 0.2) is 41.2 Å². The summed E-state index contributed by atoms with van der Waals surface area (Å²) in [7, 11) is 1.49. The van der Waals surface area contributed by atoms with E-state index >= 15 is 0 Å². The molecule has 0 saturated carbocycles. The molecule has 0 spiro atoms. The standard InChI is InChI=1S/C18H12F3NO3/c1-24-13-3-2-4-14-17(13)9-5-6-12-16(10(9)8-25-14)11(18(19,20)21)7-15(23)22-12/h2-7H,8H2,1H3,(H,22,23). The summed E-state index contributed by atoms with van der Waals surface area (Å²) < 4.78 is 51.5. The number of alkyl halides is 3. The van der Waals surface area contributed by atoms with Gasteiger partial charge in [0.05, 0.1) is 18.2 Å². The number of benzene rings is 2. The molecule has 2 heterocycles. The average molecular weight is 347 g/mol. The van der Waals surface area contributed by atoms with Gasteiger partial charge < -0.3 is 14.5 Å². The van der Waals surface area contributed by atoms with E-state index < -0.39 is 17.3 Å². The van der Waals surface area contributed by atoms with Crippen LogP contribution in [0.1, 0.15) is 11.1 Å². The van der Waals surface area contributed by atoms with Crippen molar-refractivity contribution in [2.75, 3.05) is 7.11 Å². The third kappa shape index (κ3) is 2.34. The number of H-pyrrole nitrogens is 1. The summed E-state index contributed by atoms with van der Waals surface area (Å²) in [5, 5.41) is -0.0545. The Morgan fingerprint density at radius 1 is 1.20 bits per heavy atom. The van der Waals surface area contributed by atoms with Crippen molar-refractivity contribution >= 4 is 10.9 Å². The second-order valence-electron chi connectivity index (χ2n) is 5.68. The molecule has 0 atom stereocenters. The van der Waals surface area contributed by atoms with Crippen LogP contribution in [0.3, 0.4) is 0 Å². The lowest BCUT2D eigenvalue weighted by Gasteiger charge is -2.25. The molecule has 0 aliphatic carbocycles. The summed E-state index contributed by atoms with van der Waals surface area (Å²) in [5.74, 6) is 1.06. The smallest absolute Gasteiger partial charge is 0.417 e. The zero-order valence-electron chi connectivity index (χ0n) is 13.0. The molecule has 25 heavy (non-hydrogen) atoms. The van der Waals surface area contributed by atoms with Crippen LogP contribution in [0.4, 0.5) is 13.2 Å². The van der Waals surface area contributed by atoms with Crippen molar-refractivity contribution in [3.63, 3.8) is 0 Å². The quantitative estimate of drug-likeness (QED) is 0.721. The summed E-state index contributed by atoms with van der Waals surface area (Å²) >= 11 is 0. The molecule has 1 aromatic heterocycles. The molecule has 128 valence electrons. The van der Waals surface area contributed by atoms with Crippen LogP contribution in [0.5, 0.6) is 11.5 Å². The lowest BCUT2D eigenvalue weighted by molar-refractivity contribution is -0.136. The predicted molar refractivity (Wildman–Crippen MR) is 85.9 cm³/mol. The summed E-state index contributed by atoms with van der Waals surface area (Å²) in [5.41, 5.74) is -0.0608. The second-order valence-corrected chi connectivity index (χ2v) is 5.68. The Bertz CT molecular complexity index is 1040. The van der Waals surface area contributed by atoms with Crippen LogP contribution in [0.2, 0.25) is 0 Å². The molecule has 1 aliphatic heterocycles. The SMILES string of the molecule is COc1cccc2c1-c1ccc3[nH]c(=O)cc(C(F)(F)F)c3c1CO2. The van der Waals surface area contributed by atoms with Crippen molar-refractivity contribution in [2.24, 2.45) is 0 Å². The fourth-order valence-electron chi connectivity index (χ4n) is 3.26. The van der Waals surface area contributed by atoms with Gasteiger partial charge in [0.15, 0.2) is 0 Å². The predicted octanol–water partition coefficient (Wildman–Crippen LogP) is 4.11. The van der Waals surface area contributed by atoms with E-state index in [9.17, 15) is 18.0 Å². The maximum absolute atomic E-state index is 13.5. The summed E-state index contributed by atoms with van der Waals surface area (Å²) in [6.07, 6.45) is -4.65. The molecule has 7 heteroatoms. The molecule has 3 aromatic rings. The summed E-state index contributed by atoms with van der Waals surface area (Å²) in [4.78, 5) is 14.1. The molecule has 0 saturated heterocycles. The number of hydrogen-bond acceptors (Lipinski definition) is 3. The van der Waals surface area contributed by atoms with Crippen molar-refractivity contribution < 1.29 is 22.6 Å². The minimum atomic E-state index is -4.65. The number of methoxy groups -OCH3 is 1. The Morgan fingerprint density at radius 3 is 2.72 bits per heavy atom. The first-order valence-electron chi connectivity index (χ1n) is 7.46. The van der Waals surface area contributed by atoms with E-state index in [2.05, 4.69) is 4.98 Å². The van der Waals surface area contributed by atoms with Crippen molar-refractivity contribution in [3.05, 3.63) is 57.9 Å². The van der Waals surface area contributed by atoms with Crippen LogP contribution in [-0.4, -0.2) is 12.1 Å². The number of aromatic amines is 1. The van der Waals surface area contributed by atoms with Gasteiger partial charge in [0, 0.05) is 22.5 Å². The van der Waals surface area contributed by atoms with E-state index in [1.54, 1.807) is 24.3 Å². The Kier molecular flexibility index (Phi) is 3.28. The van der Waals surface area contributed by atoms with Gasteiger partial charge >= 0.3 is 6.18 Å². The van der Waals surface area contributed by atoms with Gasteiger partial charge in [-0.15, -0.1) is 0 Å². The van der Waals surface area contributed by atoms with Crippen molar-refractivity contribution in [1.29, 1.82) is 0 Å². The Labute approximate surface area is 139 Å². The Hall–Kier alpha value is -2.96. The maximum Gasteiger partial charge on any atom is 0.417 e. The summed E-state index contributed by atoms with van der Waals surface area (Å²) in [6.45, 7) is -0.0258. The molecule has 0 bridgehead atoms. The van der Waals surface area contributed by atoms with Crippen LogP contribution >= 0.6 is 0 Å². The van der Waals surface area contributed by atoms with Crippen LogP contribution in [0, 0.1) is 0 Å². The van der Waals surface area contributed by atoms with Gasteiger partial charge in [0.1, 0.15) is 18.1 Å². The van der Waals surface area contributed by atoms with Gasteiger partial charge in [-0.05, 0) is 23.8 Å². The zero-order chi connectivity index (χ0) is 17.8. The molecule has 1 N–H and O–H groups in total. The van der Waals surface area contributed by atoms with E-state index in [4.69, 9.17) is 9.47 Å². The van der Waals surface area contributed by atoms with Crippen molar-refractivity contribution in [3.8, 4) is 22.6 Å². The fraction of sp³-hybridized carbons (Fsp3) is 0.167. The second kappa shape index (κ2) is 5.27. The minimum absolute atomic E-state index is 0.0258. The van der Waals surface area contributed by atoms with Gasteiger partial charge in [-0.1, -0.05) is 12.1 Å². The van der Waals surface area contributed by atoms with Crippen LogP contribution < -0.4 is 15.0 Å². The minimum Gasteiger partial charge on any atom is -0.496 e. The first kappa shape index (κ1) is 15.6. The van der Waals surface area contributed by atoms with E-state index in [1.165, 1.54) is 13.2 Å². The third-order valence-electron chi connectivity index (χ3n) is 4.27. The number of hydrogen-bond donors (Lipinski definition) is 1. The molecule has 1 aliphatic rings. The number of halogens is 3. The monoisotopic (exact) mass is 347 g/mol. The fourth-order valence-corrected chi connectivity index (χ4v) is 3.26. The molecule has 0 unspecified atom stereocenters. The van der Waals surface area contributed by atoms with Gasteiger partial charge in [-0.3, -0.25) is 4.79 Å². The molecular weight excluding hydrogens is 335 g/mol. The average Bonchev–Trinajstić information content (AvgIpc) is 2.58. The molecule has 4 rings (SSSR count). The number of ether oxygens (including phenoxy) is 2. The third-order valence-corrected chi connectivity index (χ3v) is 4.27. The highest BCUT2D eigenvalue weighted by molar-refractivity contribution is 5.95. The van der Waals surface area contributed by atoms with Gasteiger partial charge in [0.2, 0.25) is 5.56 Å². The normalized spacial score (nSPS) is 13.1. The lowest BCUT2D eigenvalue weighted by Crippen LogP contribution is -2.17. The number of rotatable bonds is 1. The molecule has 2 aromatic carbocycles. The van der Waals surface area contributed by atoms with Crippen molar-refractivity contribution in [1.82, 2.24) is 4.98 Å². The largest absolute Gasteiger partial charge is 0.496 e. The highest BCUT2D eigenvalue weighted by Gasteiger charge is 2.35. The lowest BCUT2D eigenvalue weighted by atomic mass is 9.91. The zero-order valence-corrected chi connectivity index (χ0v) is 13.0. The molecule has 4 nitrogen and oxygen atoms in total. The number of pyridine rings is 1. The highest BCUT2D eigenvalue weighted by atomic mass is 19.4. The van der Waals surface area contributed by atoms with E-state index in [0.717, 1.165) is 0 Å². The van der Waals surface area contributed by atoms with Crippen LogP contribution in [0.25, 0.3) is 22.0 Å². The molecule has 0 amide bonds. The van der Waals surface area contributed by atoms with E-state index in [0.29, 0.717) is 34.3 Å². The maximum atomic E-state index is 13.5. The summed E-state index contributed by atoms with van der Waals surface area (Å²) in [6, 6.07) is 8.95. The first-order valence-corrected chi connectivity index (χ1v) is 7.46. The van der Waals surface area contributed by atoms with E-state index in [1.807, 2.05) is 0 Å². The van der Waals surface area contributed by atoms with Gasteiger partial charge in [-0.2, -0.15) is 13.2 Å².